The lowest BCUT2D eigenvalue weighted by molar-refractivity contribution is -0.185. The molecule has 0 bridgehead atoms. The number of nitrogen functional groups attached to an aromatic ring is 2. The lowest BCUT2D eigenvalue weighted by atomic mass is 9.82. The van der Waals surface area contributed by atoms with Crippen LogP contribution in [0.3, 0.4) is 0 Å². The monoisotopic (exact) mass is 476 g/mol. The van der Waals surface area contributed by atoms with Crippen LogP contribution in [-0.4, -0.2) is 24.7 Å². The van der Waals surface area contributed by atoms with Crippen molar-refractivity contribution in [3.05, 3.63) is 59.7 Å². The summed E-state index contributed by atoms with van der Waals surface area (Å²) in [6.45, 7) is 0.172. The van der Waals surface area contributed by atoms with Crippen LogP contribution in [0.1, 0.15) is 36.8 Å². The first kappa shape index (κ1) is 25.1. The quantitative estimate of drug-likeness (QED) is 0.254. The van der Waals surface area contributed by atoms with Crippen LogP contribution >= 0.6 is 0 Å². The third kappa shape index (κ3) is 7.54. The van der Waals surface area contributed by atoms with Crippen molar-refractivity contribution in [3.63, 3.8) is 0 Å². The van der Waals surface area contributed by atoms with E-state index in [0.717, 1.165) is 5.56 Å². The summed E-state index contributed by atoms with van der Waals surface area (Å²) in [6.07, 6.45) is -0.678. The topological polar surface area (TPSA) is 105 Å². The maximum Gasteiger partial charge on any atom is 0.391 e. The van der Waals surface area contributed by atoms with Crippen LogP contribution in [0.2, 0.25) is 0 Å². The molecule has 1 fully saturated rings. The molecule has 0 spiro atoms. The summed E-state index contributed by atoms with van der Waals surface area (Å²) in [7, 11) is 0. The van der Waals surface area contributed by atoms with Crippen LogP contribution in [0.4, 0.5) is 24.5 Å². The predicted molar refractivity (Wildman–Crippen MR) is 123 cm³/mol. The van der Waals surface area contributed by atoms with E-state index in [-0.39, 0.29) is 32.3 Å². The number of hydrogen-bond donors (Lipinski definition) is 2. The van der Waals surface area contributed by atoms with Crippen LogP contribution in [-0.2, 0) is 20.7 Å². The zero-order valence-electron chi connectivity index (χ0n) is 18.5. The highest BCUT2D eigenvalue weighted by molar-refractivity contribution is 5.87. The summed E-state index contributed by atoms with van der Waals surface area (Å²) in [5.74, 6) is -2.61. The molecule has 34 heavy (non-hydrogen) atoms. The number of alkyl halides is 3. The Labute approximate surface area is 195 Å². The molecule has 9 heteroatoms. The van der Waals surface area contributed by atoms with Gasteiger partial charge in [0.1, 0.15) is 5.75 Å². The number of hydrogen-bond acceptors (Lipinski definition) is 6. The van der Waals surface area contributed by atoms with Crippen molar-refractivity contribution >= 4 is 29.4 Å². The van der Waals surface area contributed by atoms with Crippen molar-refractivity contribution in [2.45, 2.75) is 38.3 Å². The maximum atomic E-state index is 12.8. The molecule has 0 radical (unpaired) electrons. The lowest BCUT2D eigenvalue weighted by Gasteiger charge is -2.28. The van der Waals surface area contributed by atoms with Crippen molar-refractivity contribution in [1.29, 1.82) is 0 Å². The van der Waals surface area contributed by atoms with E-state index in [2.05, 4.69) is 0 Å². The van der Waals surface area contributed by atoms with Gasteiger partial charge in [0, 0.05) is 23.9 Å². The Hall–Kier alpha value is -3.49. The Bertz CT molecular complexity index is 1010. The van der Waals surface area contributed by atoms with Gasteiger partial charge in [0.05, 0.1) is 18.4 Å². The molecule has 6 nitrogen and oxygen atoms in total. The molecule has 2 aromatic rings. The molecule has 0 aromatic heterocycles. The van der Waals surface area contributed by atoms with E-state index in [0.29, 0.717) is 29.1 Å². The first-order valence-electron chi connectivity index (χ1n) is 11.0. The molecule has 1 aliphatic carbocycles. The standard InChI is InChI=1S/C25H27F3N2O4/c26-25(27,28)19-6-4-18(5-7-19)24(32)34-22-8-1-16(2-9-22)3-10-23(31)33-12-11-17-13-20(29)15-21(30)14-17/h1-3,8-10,13-15,18-19H,4-7,11-12,29-30H2/b10-3+. The second-order valence-corrected chi connectivity index (χ2v) is 8.34. The first-order valence-corrected chi connectivity index (χ1v) is 11.0. The van der Waals surface area contributed by atoms with E-state index in [9.17, 15) is 22.8 Å². The van der Waals surface area contributed by atoms with E-state index in [4.69, 9.17) is 20.9 Å². The van der Waals surface area contributed by atoms with Gasteiger partial charge in [-0.2, -0.15) is 13.2 Å². The zero-order chi connectivity index (χ0) is 24.7. The fourth-order valence-electron chi connectivity index (χ4n) is 3.87. The average molecular weight is 476 g/mol. The van der Waals surface area contributed by atoms with Gasteiger partial charge in [0.15, 0.2) is 0 Å². The minimum absolute atomic E-state index is 0.0590. The molecule has 1 saturated carbocycles. The summed E-state index contributed by atoms with van der Waals surface area (Å²) in [6, 6.07) is 11.6. The number of halogens is 3. The molecule has 0 atom stereocenters. The van der Waals surface area contributed by atoms with Crippen LogP contribution in [0.5, 0.6) is 5.75 Å². The second kappa shape index (κ2) is 11.1. The molecular weight excluding hydrogens is 449 g/mol. The average Bonchev–Trinajstić information content (AvgIpc) is 2.77. The summed E-state index contributed by atoms with van der Waals surface area (Å²) >= 11 is 0. The molecule has 0 saturated heterocycles. The largest absolute Gasteiger partial charge is 0.462 e. The van der Waals surface area contributed by atoms with Gasteiger partial charge in [-0.25, -0.2) is 4.79 Å². The molecule has 182 valence electrons. The third-order valence-electron chi connectivity index (χ3n) is 5.71. The molecular formula is C25H27F3N2O4. The van der Waals surface area contributed by atoms with Crippen molar-refractivity contribution in [1.82, 2.24) is 0 Å². The van der Waals surface area contributed by atoms with Gasteiger partial charge in [0.25, 0.3) is 0 Å². The number of nitrogens with two attached hydrogens (primary N) is 2. The Kier molecular flexibility index (Phi) is 8.20. The van der Waals surface area contributed by atoms with E-state index in [1.807, 2.05) is 0 Å². The summed E-state index contributed by atoms with van der Waals surface area (Å²) in [5, 5.41) is 0. The number of carbonyl (C=O) groups excluding carboxylic acids is 2. The Morgan fingerprint density at radius 1 is 0.971 bits per heavy atom. The minimum Gasteiger partial charge on any atom is -0.462 e. The van der Waals surface area contributed by atoms with Gasteiger partial charge in [-0.1, -0.05) is 12.1 Å². The third-order valence-corrected chi connectivity index (χ3v) is 5.71. The molecule has 1 aliphatic rings. The Morgan fingerprint density at radius 2 is 1.59 bits per heavy atom. The molecule has 4 N–H and O–H groups in total. The van der Waals surface area contributed by atoms with Crippen LogP contribution in [0.15, 0.2) is 48.5 Å². The van der Waals surface area contributed by atoms with E-state index < -0.39 is 30.0 Å². The zero-order valence-corrected chi connectivity index (χ0v) is 18.5. The molecule has 0 amide bonds. The fourth-order valence-corrected chi connectivity index (χ4v) is 3.87. The predicted octanol–water partition coefficient (Wildman–Crippen LogP) is 4.92. The van der Waals surface area contributed by atoms with Gasteiger partial charge < -0.3 is 20.9 Å². The highest BCUT2D eigenvalue weighted by Crippen LogP contribution is 2.39. The van der Waals surface area contributed by atoms with Crippen molar-refractivity contribution in [2.24, 2.45) is 11.8 Å². The number of rotatable bonds is 7. The number of benzene rings is 2. The first-order chi connectivity index (χ1) is 16.1. The van der Waals surface area contributed by atoms with Crippen molar-refractivity contribution in [2.75, 3.05) is 18.1 Å². The van der Waals surface area contributed by atoms with Gasteiger partial charge in [-0.15, -0.1) is 0 Å². The van der Waals surface area contributed by atoms with Crippen LogP contribution in [0, 0.1) is 11.8 Å². The number of anilines is 2. The Morgan fingerprint density at radius 3 is 2.18 bits per heavy atom. The molecule has 3 rings (SSSR count). The summed E-state index contributed by atoms with van der Waals surface area (Å²) in [4.78, 5) is 24.2. The van der Waals surface area contributed by atoms with Gasteiger partial charge in [0.2, 0.25) is 0 Å². The van der Waals surface area contributed by atoms with Crippen LogP contribution < -0.4 is 16.2 Å². The molecule has 0 heterocycles. The summed E-state index contributed by atoms with van der Waals surface area (Å²) < 4.78 is 48.8. The van der Waals surface area contributed by atoms with Gasteiger partial charge in [-0.3, -0.25) is 4.79 Å². The van der Waals surface area contributed by atoms with Gasteiger partial charge in [-0.05, 0) is 73.2 Å². The highest BCUT2D eigenvalue weighted by Gasteiger charge is 2.42. The van der Waals surface area contributed by atoms with E-state index in [1.54, 1.807) is 48.5 Å². The van der Waals surface area contributed by atoms with E-state index >= 15 is 0 Å². The maximum absolute atomic E-state index is 12.8. The fraction of sp³-hybridized carbons (Fsp3) is 0.360. The molecule has 0 unspecified atom stereocenters. The van der Waals surface area contributed by atoms with E-state index in [1.165, 1.54) is 6.08 Å². The van der Waals surface area contributed by atoms with Crippen LogP contribution in [0.25, 0.3) is 6.08 Å². The van der Waals surface area contributed by atoms with Crippen molar-refractivity contribution in [3.8, 4) is 5.75 Å². The normalized spacial score (nSPS) is 18.6. The Balaban J connectivity index is 1.42. The number of ether oxygens (including phenoxy) is 2. The summed E-state index contributed by atoms with van der Waals surface area (Å²) in [5.41, 5.74) is 14.1. The highest BCUT2D eigenvalue weighted by atomic mass is 19.4. The smallest absolute Gasteiger partial charge is 0.391 e. The van der Waals surface area contributed by atoms with Crippen molar-refractivity contribution < 1.29 is 32.2 Å². The lowest BCUT2D eigenvalue weighted by Crippen LogP contribution is -2.31. The minimum atomic E-state index is -4.21. The second-order valence-electron chi connectivity index (χ2n) is 8.34. The number of carbonyl (C=O) groups is 2. The number of esters is 2. The van der Waals surface area contributed by atoms with Gasteiger partial charge >= 0.3 is 18.1 Å². The SMILES string of the molecule is Nc1cc(N)cc(CCOC(=O)/C=C/c2ccc(OC(=O)C3CCC(C(F)(F)F)CC3)cc2)c1. The molecule has 0 aliphatic heterocycles. The molecule has 2 aromatic carbocycles.